The Bertz CT molecular complexity index is 655. The molecular weight excluding hydrogens is 303 g/mol. The first-order valence-corrected chi connectivity index (χ1v) is 8.45. The molecule has 0 aliphatic carbocycles. The third-order valence-electron chi connectivity index (χ3n) is 5.43. The molecule has 0 bridgehead atoms. The number of nitrogens with zero attached hydrogens (tertiary/aromatic N) is 3. The Morgan fingerprint density at radius 2 is 2.00 bits per heavy atom. The number of likely N-dealkylation sites (N-methyl/N-ethyl adjacent to an activating group) is 1. The monoisotopic (exact) mass is 328 g/mol. The molecule has 128 valence electrons. The normalized spacial score (nSPS) is 25.1. The topological polar surface area (TPSA) is 70.4 Å². The van der Waals surface area contributed by atoms with Crippen LogP contribution < -0.4 is 15.7 Å². The van der Waals surface area contributed by atoms with Gasteiger partial charge in [0, 0.05) is 30.8 Å². The van der Waals surface area contributed by atoms with Crippen LogP contribution in [0.2, 0.25) is 0 Å². The van der Waals surface area contributed by atoms with E-state index in [4.69, 9.17) is 9.31 Å². The van der Waals surface area contributed by atoms with Gasteiger partial charge in [-0.2, -0.15) is 5.26 Å². The fourth-order valence-corrected chi connectivity index (χ4v) is 3.10. The molecule has 2 saturated heterocycles. The molecule has 0 amide bonds. The van der Waals surface area contributed by atoms with Gasteiger partial charge in [-0.25, -0.2) is 4.98 Å². The van der Waals surface area contributed by atoms with Crippen LogP contribution in [-0.4, -0.2) is 49.5 Å². The first-order chi connectivity index (χ1) is 11.3. The second kappa shape index (κ2) is 6.03. The number of pyridine rings is 1. The van der Waals surface area contributed by atoms with Crippen molar-refractivity contribution in [3.8, 4) is 6.07 Å². The number of aromatic nitrogens is 1. The maximum Gasteiger partial charge on any atom is 0.496 e. The van der Waals surface area contributed by atoms with Crippen molar-refractivity contribution in [3.63, 3.8) is 0 Å². The SMILES string of the molecule is CN[C@H]1CCN(c2ncc(B3OC(C)(C)C(C)(C)O3)cc2C#N)C1. The van der Waals surface area contributed by atoms with E-state index in [-0.39, 0.29) is 0 Å². The molecule has 0 saturated carbocycles. The number of anilines is 1. The highest BCUT2D eigenvalue weighted by Gasteiger charge is 2.52. The summed E-state index contributed by atoms with van der Waals surface area (Å²) in [5.41, 5.74) is 0.549. The van der Waals surface area contributed by atoms with Crippen LogP contribution in [0.4, 0.5) is 5.82 Å². The van der Waals surface area contributed by atoms with E-state index < -0.39 is 18.3 Å². The minimum atomic E-state index is -0.493. The highest BCUT2D eigenvalue weighted by atomic mass is 16.7. The first-order valence-electron chi connectivity index (χ1n) is 8.45. The minimum Gasteiger partial charge on any atom is -0.399 e. The number of nitrogens with one attached hydrogen (secondary N) is 1. The lowest BCUT2D eigenvalue weighted by Crippen LogP contribution is -2.41. The molecule has 0 spiro atoms. The molecule has 1 N–H and O–H groups in total. The summed E-state index contributed by atoms with van der Waals surface area (Å²) in [6, 6.07) is 4.56. The molecule has 1 aromatic heterocycles. The van der Waals surface area contributed by atoms with Crippen molar-refractivity contribution >= 4 is 18.4 Å². The van der Waals surface area contributed by atoms with Gasteiger partial charge in [-0.15, -0.1) is 0 Å². The Morgan fingerprint density at radius 3 is 2.54 bits per heavy atom. The van der Waals surface area contributed by atoms with Crippen LogP contribution in [0, 0.1) is 11.3 Å². The zero-order chi connectivity index (χ0) is 17.5. The summed E-state index contributed by atoms with van der Waals surface area (Å²) in [4.78, 5) is 6.72. The summed E-state index contributed by atoms with van der Waals surface area (Å²) < 4.78 is 12.1. The fraction of sp³-hybridized carbons (Fsp3) is 0.647. The molecule has 3 rings (SSSR count). The third-order valence-corrected chi connectivity index (χ3v) is 5.43. The Labute approximate surface area is 144 Å². The molecule has 1 atom stereocenters. The van der Waals surface area contributed by atoms with Crippen molar-refractivity contribution in [1.29, 1.82) is 5.26 Å². The van der Waals surface area contributed by atoms with Gasteiger partial charge in [0.05, 0.1) is 16.8 Å². The van der Waals surface area contributed by atoms with E-state index in [1.807, 2.05) is 40.8 Å². The standard InChI is InChI=1S/C17H25BN4O2/c1-16(2)17(3,4)24-18(23-16)13-8-12(9-19)15(21-10-13)22-7-6-14(11-22)20-5/h8,10,14,20H,6-7,11H2,1-5H3/t14-/m0/s1. The number of rotatable bonds is 3. The van der Waals surface area contributed by atoms with Gasteiger partial charge in [0.15, 0.2) is 0 Å². The quantitative estimate of drug-likeness (QED) is 0.837. The largest absolute Gasteiger partial charge is 0.496 e. The predicted octanol–water partition coefficient (Wildman–Crippen LogP) is 1.05. The van der Waals surface area contributed by atoms with Crippen molar-refractivity contribution in [2.24, 2.45) is 0 Å². The van der Waals surface area contributed by atoms with Gasteiger partial charge in [-0.1, -0.05) is 0 Å². The number of nitriles is 1. The highest BCUT2D eigenvalue weighted by molar-refractivity contribution is 6.62. The first kappa shape index (κ1) is 17.2. The van der Waals surface area contributed by atoms with Crippen LogP contribution in [0.1, 0.15) is 39.7 Å². The smallest absolute Gasteiger partial charge is 0.399 e. The van der Waals surface area contributed by atoms with E-state index >= 15 is 0 Å². The molecule has 1 aromatic rings. The Balaban J connectivity index is 1.85. The minimum absolute atomic E-state index is 0.405. The summed E-state index contributed by atoms with van der Waals surface area (Å²) in [6.45, 7) is 9.84. The molecular formula is C17H25BN4O2. The van der Waals surface area contributed by atoms with Gasteiger partial charge in [-0.3, -0.25) is 0 Å². The molecule has 0 unspecified atom stereocenters. The van der Waals surface area contributed by atoms with Crippen molar-refractivity contribution < 1.29 is 9.31 Å². The van der Waals surface area contributed by atoms with E-state index in [9.17, 15) is 5.26 Å². The van der Waals surface area contributed by atoms with E-state index in [2.05, 4.69) is 21.3 Å². The molecule has 0 aromatic carbocycles. The van der Waals surface area contributed by atoms with Gasteiger partial charge in [0.25, 0.3) is 0 Å². The zero-order valence-corrected chi connectivity index (χ0v) is 15.1. The summed E-state index contributed by atoms with van der Waals surface area (Å²) in [7, 11) is 1.47. The summed E-state index contributed by atoms with van der Waals surface area (Å²) in [6.07, 6.45) is 2.83. The Hall–Kier alpha value is -1.62. The highest BCUT2D eigenvalue weighted by Crippen LogP contribution is 2.36. The van der Waals surface area contributed by atoms with Gasteiger partial charge in [-0.05, 0) is 47.2 Å². The predicted molar refractivity (Wildman–Crippen MR) is 94.3 cm³/mol. The lowest BCUT2D eigenvalue weighted by Gasteiger charge is -2.32. The second-order valence-electron chi connectivity index (χ2n) is 7.56. The van der Waals surface area contributed by atoms with Crippen LogP contribution in [0.3, 0.4) is 0 Å². The lowest BCUT2D eigenvalue weighted by atomic mass is 9.79. The van der Waals surface area contributed by atoms with Crippen LogP contribution in [0.25, 0.3) is 0 Å². The summed E-state index contributed by atoms with van der Waals surface area (Å²) >= 11 is 0. The summed E-state index contributed by atoms with van der Waals surface area (Å²) in [5.74, 6) is 0.746. The molecule has 24 heavy (non-hydrogen) atoms. The average Bonchev–Trinajstić information content (AvgIpc) is 3.09. The van der Waals surface area contributed by atoms with Gasteiger partial charge in [0.1, 0.15) is 11.9 Å². The number of hydrogen-bond donors (Lipinski definition) is 1. The molecule has 2 fully saturated rings. The van der Waals surface area contributed by atoms with Crippen LogP contribution in [-0.2, 0) is 9.31 Å². The molecule has 6 nitrogen and oxygen atoms in total. The lowest BCUT2D eigenvalue weighted by molar-refractivity contribution is 0.00578. The molecule has 0 radical (unpaired) electrons. The molecule has 3 heterocycles. The fourth-order valence-electron chi connectivity index (χ4n) is 3.10. The van der Waals surface area contributed by atoms with Crippen LogP contribution >= 0.6 is 0 Å². The summed E-state index contributed by atoms with van der Waals surface area (Å²) in [5, 5.41) is 12.8. The average molecular weight is 328 g/mol. The third kappa shape index (κ3) is 2.90. The Morgan fingerprint density at radius 1 is 1.33 bits per heavy atom. The van der Waals surface area contributed by atoms with E-state index in [0.29, 0.717) is 11.6 Å². The van der Waals surface area contributed by atoms with E-state index in [0.717, 1.165) is 30.8 Å². The van der Waals surface area contributed by atoms with Gasteiger partial charge >= 0.3 is 7.12 Å². The maximum absolute atomic E-state index is 9.56. The van der Waals surface area contributed by atoms with Crippen molar-refractivity contribution in [2.75, 3.05) is 25.0 Å². The molecule has 2 aliphatic heterocycles. The van der Waals surface area contributed by atoms with E-state index in [1.54, 1.807) is 6.20 Å². The molecule has 2 aliphatic rings. The van der Waals surface area contributed by atoms with Gasteiger partial charge < -0.3 is 19.5 Å². The van der Waals surface area contributed by atoms with Crippen LogP contribution in [0.15, 0.2) is 12.3 Å². The maximum atomic E-state index is 9.56. The zero-order valence-electron chi connectivity index (χ0n) is 15.1. The van der Waals surface area contributed by atoms with Crippen LogP contribution in [0.5, 0.6) is 0 Å². The van der Waals surface area contributed by atoms with Crippen molar-refractivity contribution in [3.05, 3.63) is 17.8 Å². The number of hydrogen-bond acceptors (Lipinski definition) is 6. The van der Waals surface area contributed by atoms with E-state index in [1.165, 1.54) is 0 Å². The van der Waals surface area contributed by atoms with Crippen molar-refractivity contribution in [2.45, 2.75) is 51.4 Å². The Kier molecular flexibility index (Phi) is 4.33. The van der Waals surface area contributed by atoms with Gasteiger partial charge in [0.2, 0.25) is 0 Å². The van der Waals surface area contributed by atoms with Crippen molar-refractivity contribution in [1.82, 2.24) is 10.3 Å². The second-order valence-corrected chi connectivity index (χ2v) is 7.56. The molecule has 7 heteroatoms.